The summed E-state index contributed by atoms with van der Waals surface area (Å²) in [5, 5.41) is 0.799. The second-order valence-corrected chi connectivity index (χ2v) is 10.8. The van der Waals surface area contributed by atoms with Crippen LogP contribution in [0, 0.1) is 5.82 Å². The van der Waals surface area contributed by atoms with Gasteiger partial charge in [-0.15, -0.1) is 0 Å². The maximum absolute atomic E-state index is 14.4. The van der Waals surface area contributed by atoms with Gasteiger partial charge in [0.15, 0.2) is 0 Å². The van der Waals surface area contributed by atoms with E-state index in [1.807, 2.05) is 11.9 Å². The molecule has 3 aromatic rings. The molecule has 1 fully saturated rings. The Bertz CT molecular complexity index is 1250. The molecule has 35 heavy (non-hydrogen) atoms. The Labute approximate surface area is 216 Å². The van der Waals surface area contributed by atoms with Crippen LogP contribution in [0.25, 0.3) is 11.3 Å². The second kappa shape index (κ2) is 11.1. The number of likely N-dealkylation sites (tertiary alicyclic amines) is 1. The average molecular weight is 535 g/mol. The fourth-order valence-electron chi connectivity index (χ4n) is 4.16. The van der Waals surface area contributed by atoms with E-state index in [0.29, 0.717) is 57.4 Å². The number of carbonyl (C=O) groups excluding carboxylic acids is 1. The molecular formula is C25H25Cl2FN4O2S. The first kappa shape index (κ1) is 25.7. The van der Waals surface area contributed by atoms with Crippen molar-refractivity contribution in [3.05, 3.63) is 75.9 Å². The average Bonchev–Trinajstić information content (AvgIpc) is 2.86. The maximum Gasteiger partial charge on any atom is 0.253 e. The first-order chi connectivity index (χ1) is 16.7. The second-order valence-electron chi connectivity index (χ2n) is 8.56. The fraction of sp³-hybridized carbons (Fsp3) is 0.320. The molecule has 0 aliphatic carbocycles. The third-order valence-electron chi connectivity index (χ3n) is 6.21. The van der Waals surface area contributed by atoms with Crippen molar-refractivity contribution in [1.82, 2.24) is 19.8 Å². The Kier molecular flexibility index (Phi) is 8.16. The lowest BCUT2D eigenvalue weighted by molar-refractivity contribution is 0.0638. The van der Waals surface area contributed by atoms with Crippen molar-refractivity contribution >= 4 is 39.9 Å². The van der Waals surface area contributed by atoms with Crippen molar-refractivity contribution in [2.45, 2.75) is 30.3 Å². The molecule has 6 nitrogen and oxygen atoms in total. The molecule has 1 amide bonds. The number of hydrogen-bond donors (Lipinski definition) is 0. The molecule has 4 rings (SSSR count). The van der Waals surface area contributed by atoms with Gasteiger partial charge in [-0.3, -0.25) is 23.9 Å². The van der Waals surface area contributed by atoms with Gasteiger partial charge in [-0.1, -0.05) is 23.2 Å². The van der Waals surface area contributed by atoms with E-state index >= 15 is 0 Å². The zero-order chi connectivity index (χ0) is 25.1. The number of aromatic nitrogens is 2. The number of carbonyl (C=O) groups is 1. The van der Waals surface area contributed by atoms with E-state index in [1.54, 1.807) is 42.7 Å². The molecule has 0 radical (unpaired) electrons. The Hall–Kier alpha value is -2.39. The van der Waals surface area contributed by atoms with Crippen molar-refractivity contribution in [1.29, 1.82) is 0 Å². The van der Waals surface area contributed by atoms with Gasteiger partial charge < -0.3 is 4.90 Å². The maximum atomic E-state index is 14.4. The summed E-state index contributed by atoms with van der Waals surface area (Å²) < 4.78 is 26.0. The molecule has 0 saturated carbocycles. The van der Waals surface area contributed by atoms with E-state index in [0.717, 1.165) is 18.5 Å². The van der Waals surface area contributed by atoms with Crippen molar-refractivity contribution in [3.63, 3.8) is 0 Å². The van der Waals surface area contributed by atoms with Crippen molar-refractivity contribution in [2.24, 2.45) is 0 Å². The highest BCUT2D eigenvalue weighted by Gasteiger charge is 2.26. The van der Waals surface area contributed by atoms with Crippen molar-refractivity contribution in [3.8, 4) is 11.3 Å². The van der Waals surface area contributed by atoms with Crippen LogP contribution in [0.5, 0.6) is 0 Å². The van der Waals surface area contributed by atoms with Gasteiger partial charge in [-0.05, 0) is 56.3 Å². The number of nitrogens with zero attached hydrogens (tertiary/aromatic N) is 4. The van der Waals surface area contributed by atoms with E-state index in [1.165, 1.54) is 12.3 Å². The largest absolute Gasteiger partial charge is 0.339 e. The number of hydrogen-bond acceptors (Lipinski definition) is 5. The molecule has 1 unspecified atom stereocenters. The molecule has 0 bridgehead atoms. The summed E-state index contributed by atoms with van der Waals surface area (Å²) in [5.41, 5.74) is 2.06. The van der Waals surface area contributed by atoms with Crippen LogP contribution in [0.3, 0.4) is 0 Å². The minimum Gasteiger partial charge on any atom is -0.339 e. The molecule has 1 saturated heterocycles. The number of piperidine rings is 1. The summed E-state index contributed by atoms with van der Waals surface area (Å²) in [6.45, 7) is 1.89. The number of halogens is 3. The fourth-order valence-corrected chi connectivity index (χ4v) is 4.99. The summed E-state index contributed by atoms with van der Waals surface area (Å²) in [4.78, 5) is 26.1. The Morgan fingerprint density at radius 3 is 2.46 bits per heavy atom. The Morgan fingerprint density at radius 2 is 1.86 bits per heavy atom. The zero-order valence-electron chi connectivity index (χ0n) is 19.4. The minimum absolute atomic E-state index is 0.0448. The molecule has 184 valence electrons. The van der Waals surface area contributed by atoms with Gasteiger partial charge in [0.1, 0.15) is 5.82 Å². The quantitative estimate of drug-likeness (QED) is 0.442. The van der Waals surface area contributed by atoms with E-state index in [4.69, 9.17) is 23.2 Å². The molecule has 0 spiro atoms. The van der Waals surface area contributed by atoms with Gasteiger partial charge in [-0.2, -0.15) is 0 Å². The van der Waals surface area contributed by atoms with Crippen LogP contribution < -0.4 is 0 Å². The number of benzene rings is 2. The van der Waals surface area contributed by atoms with Crippen LogP contribution in [0.4, 0.5) is 4.39 Å². The first-order valence-corrected chi connectivity index (χ1v) is 13.4. The molecular weight excluding hydrogens is 510 g/mol. The van der Waals surface area contributed by atoms with Gasteiger partial charge in [-0.25, -0.2) is 4.39 Å². The summed E-state index contributed by atoms with van der Waals surface area (Å²) >= 11 is 12.0. The molecule has 10 heteroatoms. The van der Waals surface area contributed by atoms with Crippen LogP contribution in [0.15, 0.2) is 53.7 Å². The van der Waals surface area contributed by atoms with Gasteiger partial charge in [0, 0.05) is 58.8 Å². The lowest BCUT2D eigenvalue weighted by Crippen LogP contribution is -2.45. The zero-order valence-corrected chi connectivity index (χ0v) is 21.7. The number of rotatable bonds is 6. The van der Waals surface area contributed by atoms with Gasteiger partial charge in [0.2, 0.25) is 0 Å². The molecule has 1 aromatic heterocycles. The first-order valence-electron chi connectivity index (χ1n) is 11.1. The highest BCUT2D eigenvalue weighted by atomic mass is 35.5. The molecule has 1 aliphatic heterocycles. The molecule has 1 aliphatic rings. The molecule has 2 heterocycles. The normalized spacial score (nSPS) is 15.4. The highest BCUT2D eigenvalue weighted by Crippen LogP contribution is 2.25. The van der Waals surface area contributed by atoms with E-state index in [-0.39, 0.29) is 5.91 Å². The monoisotopic (exact) mass is 534 g/mol. The summed E-state index contributed by atoms with van der Waals surface area (Å²) in [6, 6.07) is 9.73. The summed E-state index contributed by atoms with van der Waals surface area (Å²) in [5.74, 6) is -0.518. The minimum atomic E-state index is -1.25. The van der Waals surface area contributed by atoms with Crippen molar-refractivity contribution < 1.29 is 13.4 Å². The topological polar surface area (TPSA) is 66.4 Å². The van der Waals surface area contributed by atoms with Crippen molar-refractivity contribution in [2.75, 3.05) is 26.4 Å². The highest BCUT2D eigenvalue weighted by molar-refractivity contribution is 7.84. The predicted molar refractivity (Wildman–Crippen MR) is 137 cm³/mol. The standard InChI is InChI=1S/C25H25Cl2FN4O2S/c1-31(18-7-9-32(10-8-18)25(33)16-3-6-21(26)22(27)11-16)15-17-13-30-24(14-29-17)20-5-4-19(35(2)34)12-23(20)28/h3-6,11-14,18H,7-10,15H2,1-2H3. The van der Waals surface area contributed by atoms with E-state index in [2.05, 4.69) is 14.9 Å². The Morgan fingerprint density at radius 1 is 1.11 bits per heavy atom. The van der Waals surface area contributed by atoms with Crippen LogP contribution in [-0.2, 0) is 17.3 Å². The third kappa shape index (κ3) is 6.06. The Balaban J connectivity index is 1.33. The summed E-state index contributed by atoms with van der Waals surface area (Å²) in [6.07, 6.45) is 6.40. The summed E-state index contributed by atoms with van der Waals surface area (Å²) in [7, 11) is 0.781. The lowest BCUT2D eigenvalue weighted by atomic mass is 10.0. The number of amides is 1. The smallest absolute Gasteiger partial charge is 0.253 e. The van der Waals surface area contributed by atoms with Gasteiger partial charge in [0.05, 0.1) is 33.8 Å². The predicted octanol–water partition coefficient (Wildman–Crippen LogP) is 5.06. The molecule has 0 N–H and O–H groups in total. The van der Waals surface area contributed by atoms with Crippen LogP contribution >= 0.6 is 23.2 Å². The third-order valence-corrected chi connectivity index (χ3v) is 7.86. The van der Waals surface area contributed by atoms with Crippen LogP contribution in [-0.4, -0.2) is 62.3 Å². The molecule has 2 aromatic carbocycles. The van der Waals surface area contributed by atoms with E-state index in [9.17, 15) is 13.4 Å². The van der Waals surface area contributed by atoms with Gasteiger partial charge >= 0.3 is 0 Å². The van der Waals surface area contributed by atoms with Crippen LogP contribution in [0.2, 0.25) is 10.0 Å². The van der Waals surface area contributed by atoms with Gasteiger partial charge in [0.25, 0.3) is 5.91 Å². The van der Waals surface area contributed by atoms with Crippen LogP contribution in [0.1, 0.15) is 28.9 Å². The lowest BCUT2D eigenvalue weighted by Gasteiger charge is -2.36. The van der Waals surface area contributed by atoms with E-state index < -0.39 is 16.6 Å². The SMILES string of the molecule is CN(Cc1cnc(-c2ccc(S(C)=O)cc2F)cn1)C1CCN(C(=O)c2ccc(Cl)c(Cl)c2)CC1. The molecule has 1 atom stereocenters.